The van der Waals surface area contributed by atoms with Crippen LogP contribution in [0.4, 0.5) is 17.6 Å². The second-order valence-corrected chi connectivity index (χ2v) is 52.6. The zero-order valence-corrected chi connectivity index (χ0v) is 90.6. The third kappa shape index (κ3) is 21.1. The smallest absolute Gasteiger partial charge is 0.324 e. The lowest BCUT2D eigenvalue weighted by Crippen LogP contribution is -2.49. The fourth-order valence-electron chi connectivity index (χ4n) is 27.2. The first-order valence-corrected chi connectivity index (χ1v) is 53.3. The highest BCUT2D eigenvalue weighted by molar-refractivity contribution is 6.33. The van der Waals surface area contributed by atoms with Crippen LogP contribution in [0.2, 0.25) is 35.2 Å². The van der Waals surface area contributed by atoms with Gasteiger partial charge in [-0.05, 0) is 245 Å². The van der Waals surface area contributed by atoms with Crippen molar-refractivity contribution in [1.29, 1.82) is 0 Å². The number of rotatable bonds is 20. The Morgan fingerprint density at radius 3 is 0.891 bits per heavy atom. The Bertz CT molecular complexity index is 6360. The number of ketones is 4. The van der Waals surface area contributed by atoms with Crippen molar-refractivity contribution >= 4 is 128 Å². The van der Waals surface area contributed by atoms with Gasteiger partial charge in [0, 0.05) is 128 Å². The van der Waals surface area contributed by atoms with E-state index in [9.17, 15) is 67.6 Å². The van der Waals surface area contributed by atoms with Crippen molar-refractivity contribution in [3.8, 4) is 23.0 Å². The van der Waals surface area contributed by atoms with Gasteiger partial charge in [0.25, 0.3) is 0 Å². The van der Waals surface area contributed by atoms with Crippen LogP contribution >= 0.6 is 81.2 Å². The Hall–Kier alpha value is -8.25. The third-order valence-electron chi connectivity index (χ3n) is 32.3. The number of esters is 4. The van der Waals surface area contributed by atoms with E-state index in [1.807, 2.05) is 58.0 Å². The summed E-state index contributed by atoms with van der Waals surface area (Å²) >= 11 is 43.8. The zero-order chi connectivity index (χ0) is 107. The third-order valence-corrected chi connectivity index (χ3v) is 34.1. The summed E-state index contributed by atoms with van der Waals surface area (Å²) in [5.74, 6) is -6.61. The van der Waals surface area contributed by atoms with E-state index in [-0.39, 0.29) is 137 Å². The molecule has 0 amide bonds. The quantitative estimate of drug-likeness (QED) is 0.0200. The van der Waals surface area contributed by atoms with Crippen LogP contribution in [0.5, 0.6) is 23.0 Å². The van der Waals surface area contributed by atoms with E-state index in [1.54, 1.807) is 99.6 Å². The molecule has 20 rings (SSSR count). The molecule has 8 aliphatic heterocycles. The molecule has 147 heavy (non-hydrogen) atoms. The predicted molar refractivity (Wildman–Crippen MR) is 558 cm³/mol. The van der Waals surface area contributed by atoms with Gasteiger partial charge in [-0.2, -0.15) is 0 Å². The first-order valence-electron chi connectivity index (χ1n) is 50.7. The molecule has 0 radical (unpaired) electrons. The standard InChI is InChI=1S/2C29H32Cl2FNO4.C29H33Cl2NO4.C29H32ClF2NO4/c1-27(2,3)14-23-29(18-10-20(32)19(31)11-22(18)37-26(29)35)24(16-6-5-7-17(30)9-16)25(33-23)21(34)8-15-12-28(4,36)13-15;1-27(2,3)14-22-29(18-9-8-16(30)11-21(18)37-26(29)35)23(17-6-5-7-19(31)24(17)32)25(33-22)20(34)10-15-12-28(4,36)13-15;1-27(2,3)15-23-29(20-9-8-19(31)12-22(20)36-26(29)34)24(17-6-5-7-18(30)11-17)25(32-23)21(33)10-16-13-28(4,35)14-16;1-27(2,3)14-22-29(18-9-8-16(31)11-21(18)37-26(29)35)23(17-6-5-7-19(30)24(17)32)25(33-22)20(34)10-15-12-28(4,36)13-15/h5-7,9-11,15,23-25,33,36H,8,12-14H2,1-4H3;5-9,11,15,22-23,25,33,36H,10,12-14H2,1-4H3;5-9,11-12,16,23-25,32,35H,10,13-15H2,1-4H3;5-9,11,15,22-23,25,33,36H,10,12-14H2,1-4H3/t15?,23-,24+,25+,28?,29+;15?,22-,23+,25+,28?,29+;16?,23-,24+,25+,28?,29+;15?,22-,23+,25+,28?,29+/m1111/s1. The molecular weight excluding hydrogens is 2030 g/mol. The van der Waals surface area contributed by atoms with Gasteiger partial charge in [0.15, 0.2) is 23.1 Å². The van der Waals surface area contributed by atoms with Crippen LogP contribution in [0, 0.1) is 68.6 Å². The van der Waals surface area contributed by atoms with Crippen molar-refractivity contribution in [1.82, 2.24) is 21.3 Å². The van der Waals surface area contributed by atoms with E-state index in [4.69, 9.17) is 100 Å². The summed E-state index contributed by atoms with van der Waals surface area (Å²) in [6.45, 7) is 31.9. The normalized spacial score (nSPS) is 32.9. The summed E-state index contributed by atoms with van der Waals surface area (Å²) < 4.78 is 83.6. The zero-order valence-electron chi connectivity index (χ0n) is 85.3. The molecular formula is C116H129Cl7F4N4O16. The minimum absolute atomic E-state index is 0.00341. The van der Waals surface area contributed by atoms with E-state index in [2.05, 4.69) is 83.6 Å². The van der Waals surface area contributed by atoms with Gasteiger partial charge in [-0.3, -0.25) is 38.4 Å². The second-order valence-electron chi connectivity index (χ2n) is 49.6. The summed E-state index contributed by atoms with van der Waals surface area (Å²) in [6.07, 6.45) is 7.62. The molecule has 4 aliphatic carbocycles. The number of hydrogen-bond donors (Lipinski definition) is 8. The molecule has 8 fully saturated rings. The number of Topliss-reactive ketones (excluding diaryl/α,β-unsaturated/α-hetero) is 4. The molecule has 4 saturated heterocycles. The highest BCUT2D eigenvalue weighted by Gasteiger charge is 2.73. The summed E-state index contributed by atoms with van der Waals surface area (Å²) in [5, 5.41) is 56.4. The molecule has 786 valence electrons. The van der Waals surface area contributed by atoms with Crippen molar-refractivity contribution in [3.05, 3.63) is 255 Å². The van der Waals surface area contributed by atoms with Gasteiger partial charge < -0.3 is 60.6 Å². The Balaban J connectivity index is 0.000000134. The fourth-order valence-corrected chi connectivity index (χ4v) is 28.4. The van der Waals surface area contributed by atoms with Gasteiger partial charge in [-0.25, -0.2) is 17.6 Å². The van der Waals surface area contributed by atoms with Gasteiger partial charge in [-0.1, -0.05) is 231 Å². The molecule has 31 heteroatoms. The van der Waals surface area contributed by atoms with E-state index in [0.29, 0.717) is 137 Å². The lowest BCUT2D eigenvalue weighted by Gasteiger charge is -2.41. The number of halogens is 11. The maximum Gasteiger partial charge on any atom is 0.324 e. The molecule has 0 unspecified atom stereocenters. The molecule has 8 N–H and O–H groups in total. The Labute approximate surface area is 891 Å². The van der Waals surface area contributed by atoms with Crippen LogP contribution in [0.1, 0.15) is 282 Å². The highest BCUT2D eigenvalue weighted by atomic mass is 35.5. The van der Waals surface area contributed by atoms with Crippen molar-refractivity contribution in [3.63, 3.8) is 0 Å². The fraction of sp³-hybridized carbons (Fsp3) is 0.517. The number of aliphatic hydroxyl groups is 4. The summed E-state index contributed by atoms with van der Waals surface area (Å²) in [5.41, 5.74) is -5.07. The summed E-state index contributed by atoms with van der Waals surface area (Å²) in [4.78, 5) is 111. The topological polar surface area (TPSA) is 303 Å². The number of carbonyl (C=O) groups is 8. The van der Waals surface area contributed by atoms with Crippen molar-refractivity contribution in [2.75, 3.05) is 0 Å². The van der Waals surface area contributed by atoms with Crippen LogP contribution < -0.4 is 40.2 Å². The number of benzene rings is 8. The average Bonchev–Trinajstić information content (AvgIpc) is 1.54. The molecule has 12 aliphatic rings. The number of nitrogens with one attached hydrogen (secondary N) is 4. The molecule has 4 saturated carbocycles. The Kier molecular flexibility index (Phi) is 29.9. The van der Waals surface area contributed by atoms with Gasteiger partial charge in [0.2, 0.25) is 0 Å². The maximum absolute atomic E-state index is 15.7. The van der Waals surface area contributed by atoms with Gasteiger partial charge in [-0.15, -0.1) is 0 Å². The lowest BCUT2D eigenvalue weighted by molar-refractivity contribution is -0.140. The second kappa shape index (κ2) is 40.0. The monoisotopic (exact) mass is 2150 g/mol. The largest absolute Gasteiger partial charge is 0.425 e. The first-order chi connectivity index (χ1) is 68.5. The van der Waals surface area contributed by atoms with Crippen LogP contribution in [-0.2, 0) is 60.0 Å². The van der Waals surface area contributed by atoms with E-state index in [1.165, 1.54) is 36.4 Å². The average molecular weight is 2160 g/mol. The van der Waals surface area contributed by atoms with Crippen LogP contribution in [0.25, 0.3) is 0 Å². The minimum atomic E-state index is -1.47. The molecule has 8 heterocycles. The summed E-state index contributed by atoms with van der Waals surface area (Å²) in [7, 11) is 0. The molecule has 16 atom stereocenters. The SMILES string of the molecule is CC(C)(C)C[C@H]1N[C@@H](C(=O)CC2CC(C)(O)C2)[C@H](c2cccc(Cl)c2)[C@@]12C(=O)Oc1cc(Cl)c(F)cc12.CC(C)(C)C[C@H]1N[C@@H](C(=O)CC2CC(C)(O)C2)[C@H](c2cccc(Cl)c2)[C@@]12C(=O)Oc1cc(Cl)ccc12.CC(C)(C)C[C@H]1N[C@@H](C(=O)CC2CC(C)(O)C2)[C@H](c2cccc(Cl)c2F)[C@@]12C(=O)Oc1cc(Cl)ccc12.CC(C)(C)C[C@H]1N[C@@H](C(=O)CC2CC(C)(O)C2)[C@H](c2cccc(Cl)c2F)[C@@]12C(=O)Oc1cc(F)ccc12. The molecule has 0 bridgehead atoms. The maximum atomic E-state index is 15.7. The molecule has 8 aromatic rings. The molecule has 0 aromatic heterocycles. The van der Waals surface area contributed by atoms with Gasteiger partial charge in [0.1, 0.15) is 67.9 Å². The van der Waals surface area contributed by atoms with Crippen molar-refractivity contribution < 1.29 is 95.3 Å². The number of hydrogen-bond acceptors (Lipinski definition) is 20. The minimum Gasteiger partial charge on any atom is -0.425 e. The van der Waals surface area contributed by atoms with Crippen molar-refractivity contribution in [2.45, 2.75) is 330 Å². The Morgan fingerprint density at radius 2 is 0.592 bits per heavy atom. The molecule has 8 aromatic carbocycles. The number of carbonyl (C=O) groups excluding carboxylic acids is 8. The summed E-state index contributed by atoms with van der Waals surface area (Å²) in [6, 6.07) is 35.7. The van der Waals surface area contributed by atoms with Crippen molar-refractivity contribution in [2.24, 2.45) is 45.3 Å². The van der Waals surface area contributed by atoms with Crippen LogP contribution in [0.15, 0.2) is 152 Å². The lowest BCUT2D eigenvalue weighted by atomic mass is 9.62. The van der Waals surface area contributed by atoms with E-state index >= 15 is 8.78 Å². The predicted octanol–water partition coefficient (Wildman–Crippen LogP) is 23.2. The molecule has 4 spiro atoms. The van der Waals surface area contributed by atoms with Gasteiger partial charge in [0.05, 0.1) is 61.6 Å². The van der Waals surface area contributed by atoms with Gasteiger partial charge >= 0.3 is 23.9 Å². The highest BCUT2D eigenvalue weighted by Crippen LogP contribution is 2.65. The van der Waals surface area contributed by atoms with E-state index in [0.717, 1.165) is 17.2 Å². The number of ether oxygens (including phenoxy) is 4. The molecule has 20 nitrogen and oxygen atoms in total. The van der Waals surface area contributed by atoms with E-state index < -0.39 is 151 Å². The number of fused-ring (bicyclic) bond motifs is 8. The Morgan fingerprint density at radius 1 is 0.327 bits per heavy atom. The first kappa shape index (κ1) is 110. The van der Waals surface area contributed by atoms with Crippen LogP contribution in [0.3, 0.4) is 0 Å². The van der Waals surface area contributed by atoms with Crippen LogP contribution in [-0.4, -0.2) is 138 Å².